The summed E-state index contributed by atoms with van der Waals surface area (Å²) in [5, 5.41) is 20.4. The Hall–Kier alpha value is -1.92. The van der Waals surface area contributed by atoms with Crippen molar-refractivity contribution in [1.29, 1.82) is 0 Å². The summed E-state index contributed by atoms with van der Waals surface area (Å²) >= 11 is 0. The minimum absolute atomic E-state index is 0.197. The highest BCUT2D eigenvalue weighted by molar-refractivity contribution is 5.92. The van der Waals surface area contributed by atoms with Crippen molar-refractivity contribution >= 4 is 17.5 Å². The van der Waals surface area contributed by atoms with Crippen LogP contribution in [0.5, 0.6) is 0 Å². The van der Waals surface area contributed by atoms with Crippen LogP contribution >= 0.6 is 0 Å². The van der Waals surface area contributed by atoms with Crippen LogP contribution in [0.25, 0.3) is 0 Å². The lowest BCUT2D eigenvalue weighted by atomic mass is 10.0. The molecule has 0 saturated carbocycles. The Kier molecular flexibility index (Phi) is 8.08. The number of carbonyl (C=O) groups is 2. The Morgan fingerprint density at radius 3 is 2.43 bits per heavy atom. The van der Waals surface area contributed by atoms with Gasteiger partial charge in [-0.1, -0.05) is 31.0 Å². The Bertz CT molecular complexity index is 437. The van der Waals surface area contributed by atoms with Gasteiger partial charge in [0.1, 0.15) is 0 Å². The summed E-state index contributed by atoms with van der Waals surface area (Å²) in [5.41, 5.74) is 2.29. The van der Waals surface area contributed by atoms with Crippen LogP contribution in [0, 0.1) is 5.92 Å². The second kappa shape index (κ2) is 9.90. The summed E-state index contributed by atoms with van der Waals surface area (Å²) < 4.78 is 0. The molecule has 0 fully saturated rings. The third-order valence-electron chi connectivity index (χ3n) is 3.21. The van der Waals surface area contributed by atoms with Crippen molar-refractivity contribution < 1.29 is 19.9 Å². The van der Waals surface area contributed by atoms with Crippen LogP contribution in [0.15, 0.2) is 30.3 Å². The zero-order chi connectivity index (χ0) is 15.5. The summed E-state index contributed by atoms with van der Waals surface area (Å²) in [6.45, 7) is -0.199. The van der Waals surface area contributed by atoms with Crippen molar-refractivity contribution in [2.75, 3.05) is 11.9 Å². The molecule has 4 N–H and O–H groups in total. The van der Waals surface area contributed by atoms with Crippen molar-refractivity contribution in [3.8, 4) is 0 Å². The zero-order valence-corrected chi connectivity index (χ0v) is 11.9. The fourth-order valence-corrected chi connectivity index (χ4v) is 1.98. The van der Waals surface area contributed by atoms with Gasteiger partial charge in [-0.05, 0) is 25.0 Å². The summed E-state index contributed by atoms with van der Waals surface area (Å²) in [6, 6.07) is 9.10. The number of hydrogen-bond acceptors (Lipinski definition) is 4. The molecule has 21 heavy (non-hydrogen) atoms. The highest BCUT2D eigenvalue weighted by Crippen LogP contribution is 2.14. The van der Waals surface area contributed by atoms with Gasteiger partial charge in [-0.2, -0.15) is 0 Å². The number of unbranched alkanes of at least 4 members (excludes halogenated alkanes) is 2. The number of carbonyl (C=O) groups excluding carboxylic acids is 2. The van der Waals surface area contributed by atoms with E-state index in [1.54, 1.807) is 17.6 Å². The summed E-state index contributed by atoms with van der Waals surface area (Å²) in [5.74, 6) is -1.05. The number of benzene rings is 1. The first-order valence-electron chi connectivity index (χ1n) is 7.07. The van der Waals surface area contributed by atoms with Crippen molar-refractivity contribution in [2.24, 2.45) is 5.92 Å². The SMILES string of the molecule is O=C(CCCCCC(CO)C(=O)Nc1ccccc1)NO. The van der Waals surface area contributed by atoms with E-state index >= 15 is 0 Å². The number of nitrogens with one attached hydrogen (secondary N) is 2. The highest BCUT2D eigenvalue weighted by atomic mass is 16.5. The molecule has 0 spiro atoms. The number of hydroxylamine groups is 1. The van der Waals surface area contributed by atoms with Gasteiger partial charge in [0.2, 0.25) is 11.8 Å². The van der Waals surface area contributed by atoms with Crippen LogP contribution in [0.3, 0.4) is 0 Å². The Morgan fingerprint density at radius 1 is 1.10 bits per heavy atom. The van der Waals surface area contributed by atoms with Gasteiger partial charge in [-0.15, -0.1) is 0 Å². The molecule has 0 bridgehead atoms. The maximum Gasteiger partial charge on any atom is 0.243 e. The molecule has 0 aliphatic heterocycles. The van der Waals surface area contributed by atoms with Crippen molar-refractivity contribution in [3.63, 3.8) is 0 Å². The average Bonchev–Trinajstić information content (AvgIpc) is 2.51. The van der Waals surface area contributed by atoms with Gasteiger partial charge in [0, 0.05) is 12.1 Å². The van der Waals surface area contributed by atoms with Crippen LogP contribution in [0.4, 0.5) is 5.69 Å². The minimum Gasteiger partial charge on any atom is -0.396 e. The average molecular weight is 294 g/mol. The van der Waals surface area contributed by atoms with E-state index in [0.717, 1.165) is 12.8 Å². The van der Waals surface area contributed by atoms with Gasteiger partial charge in [-0.25, -0.2) is 5.48 Å². The van der Waals surface area contributed by atoms with E-state index in [-0.39, 0.29) is 18.9 Å². The first-order valence-corrected chi connectivity index (χ1v) is 7.07. The van der Waals surface area contributed by atoms with E-state index < -0.39 is 11.8 Å². The topological polar surface area (TPSA) is 98.7 Å². The van der Waals surface area contributed by atoms with Crippen LogP contribution in [0.1, 0.15) is 32.1 Å². The van der Waals surface area contributed by atoms with Gasteiger partial charge in [-0.3, -0.25) is 14.8 Å². The molecule has 0 aliphatic carbocycles. The number of amides is 2. The van der Waals surface area contributed by atoms with Gasteiger partial charge < -0.3 is 10.4 Å². The molecule has 1 rings (SSSR count). The van der Waals surface area contributed by atoms with E-state index in [4.69, 9.17) is 5.21 Å². The predicted molar refractivity (Wildman–Crippen MR) is 78.7 cm³/mol. The molecule has 0 radical (unpaired) electrons. The summed E-state index contributed by atoms with van der Waals surface area (Å²) in [7, 11) is 0. The summed E-state index contributed by atoms with van der Waals surface area (Å²) in [6.07, 6.45) is 2.98. The maximum atomic E-state index is 12.0. The fourth-order valence-electron chi connectivity index (χ4n) is 1.98. The second-order valence-corrected chi connectivity index (χ2v) is 4.87. The lowest BCUT2D eigenvalue weighted by Gasteiger charge is -2.14. The molecule has 0 heterocycles. The Morgan fingerprint density at radius 2 is 1.81 bits per heavy atom. The van der Waals surface area contributed by atoms with Crippen LogP contribution in [0.2, 0.25) is 0 Å². The molecule has 1 aromatic carbocycles. The fraction of sp³-hybridized carbons (Fsp3) is 0.467. The first-order chi connectivity index (χ1) is 10.2. The molecule has 0 saturated heterocycles. The first kappa shape index (κ1) is 17.1. The van der Waals surface area contributed by atoms with Crippen LogP contribution in [-0.2, 0) is 9.59 Å². The third-order valence-corrected chi connectivity index (χ3v) is 3.21. The van der Waals surface area contributed by atoms with E-state index in [1.165, 1.54) is 0 Å². The zero-order valence-electron chi connectivity index (χ0n) is 11.9. The van der Waals surface area contributed by atoms with Gasteiger partial charge >= 0.3 is 0 Å². The molecule has 6 heteroatoms. The van der Waals surface area contributed by atoms with E-state index in [1.807, 2.05) is 18.2 Å². The molecule has 1 aromatic rings. The normalized spacial score (nSPS) is 11.7. The monoisotopic (exact) mass is 294 g/mol. The third kappa shape index (κ3) is 6.87. The van der Waals surface area contributed by atoms with Crippen LogP contribution in [-0.4, -0.2) is 28.7 Å². The molecule has 0 aromatic heterocycles. The largest absolute Gasteiger partial charge is 0.396 e. The molecular weight excluding hydrogens is 272 g/mol. The standard InChI is InChI=1S/C15H22N2O4/c18-11-12(7-3-1-6-10-14(19)17-21)15(20)16-13-8-4-2-5-9-13/h2,4-5,8-9,12,18,21H,1,3,6-7,10-11H2,(H,16,20)(H,17,19). The van der Waals surface area contributed by atoms with Gasteiger partial charge in [0.05, 0.1) is 12.5 Å². The second-order valence-electron chi connectivity index (χ2n) is 4.87. The lowest BCUT2D eigenvalue weighted by Crippen LogP contribution is -2.25. The van der Waals surface area contributed by atoms with Gasteiger partial charge in [0.25, 0.3) is 0 Å². The van der Waals surface area contributed by atoms with E-state index in [0.29, 0.717) is 18.5 Å². The van der Waals surface area contributed by atoms with Crippen molar-refractivity contribution in [1.82, 2.24) is 5.48 Å². The molecule has 2 amide bonds. The summed E-state index contributed by atoms with van der Waals surface area (Å²) in [4.78, 5) is 22.8. The maximum absolute atomic E-state index is 12.0. The quantitative estimate of drug-likeness (QED) is 0.316. The van der Waals surface area contributed by atoms with Crippen molar-refractivity contribution in [3.05, 3.63) is 30.3 Å². The van der Waals surface area contributed by atoms with Crippen molar-refractivity contribution in [2.45, 2.75) is 32.1 Å². The number of hydrogen-bond donors (Lipinski definition) is 4. The number of rotatable bonds is 9. The molecule has 116 valence electrons. The number of aliphatic hydroxyl groups excluding tert-OH is 1. The molecule has 6 nitrogen and oxygen atoms in total. The van der Waals surface area contributed by atoms with E-state index in [2.05, 4.69) is 5.32 Å². The molecule has 1 unspecified atom stereocenters. The smallest absolute Gasteiger partial charge is 0.243 e. The van der Waals surface area contributed by atoms with E-state index in [9.17, 15) is 14.7 Å². The minimum atomic E-state index is -0.447. The number of aliphatic hydroxyl groups is 1. The predicted octanol–water partition coefficient (Wildman–Crippen LogP) is 1.69. The molecular formula is C15H22N2O4. The Labute approximate surface area is 124 Å². The van der Waals surface area contributed by atoms with Gasteiger partial charge in [0.15, 0.2) is 0 Å². The highest BCUT2D eigenvalue weighted by Gasteiger charge is 2.17. The molecule has 0 aliphatic rings. The Balaban J connectivity index is 2.27. The number of para-hydroxylation sites is 1. The number of anilines is 1. The molecule has 1 atom stereocenters. The van der Waals surface area contributed by atoms with Crippen LogP contribution < -0.4 is 10.8 Å². The lowest BCUT2D eigenvalue weighted by molar-refractivity contribution is -0.129.